The van der Waals surface area contributed by atoms with Gasteiger partial charge in [-0.3, -0.25) is 9.59 Å². The van der Waals surface area contributed by atoms with E-state index in [4.69, 9.17) is 11.6 Å². The Hall–Kier alpha value is -2.73. The minimum absolute atomic E-state index is 0.116. The molecule has 1 aliphatic heterocycles. The number of nitrogens with one attached hydrogen (secondary N) is 1. The van der Waals surface area contributed by atoms with Gasteiger partial charge in [0.25, 0.3) is 5.91 Å². The molecule has 160 valence electrons. The Morgan fingerprint density at radius 2 is 2.13 bits per heavy atom. The Morgan fingerprint density at radius 1 is 1.37 bits per heavy atom. The molecule has 1 atom stereocenters. The van der Waals surface area contributed by atoms with Crippen molar-refractivity contribution < 1.29 is 9.59 Å². The molecule has 0 fully saturated rings. The lowest BCUT2D eigenvalue weighted by molar-refractivity contribution is -0.127. The summed E-state index contributed by atoms with van der Waals surface area (Å²) in [7, 11) is 3.67. The Morgan fingerprint density at radius 3 is 2.77 bits per heavy atom. The van der Waals surface area contributed by atoms with E-state index in [1.165, 1.54) is 5.57 Å². The van der Waals surface area contributed by atoms with E-state index >= 15 is 0 Å². The molecule has 1 aromatic carbocycles. The topological polar surface area (TPSA) is 55.9 Å². The molecule has 0 radical (unpaired) electrons. The number of benzene rings is 1. The quantitative estimate of drug-likeness (QED) is 0.642. The lowest BCUT2D eigenvalue weighted by Crippen LogP contribution is -2.38. The van der Waals surface area contributed by atoms with Crippen LogP contribution >= 0.6 is 11.6 Å². The van der Waals surface area contributed by atoms with Gasteiger partial charge in [0.15, 0.2) is 0 Å². The van der Waals surface area contributed by atoms with Gasteiger partial charge in [-0.1, -0.05) is 60.5 Å². The van der Waals surface area contributed by atoms with Crippen LogP contribution in [0, 0.1) is 0 Å². The van der Waals surface area contributed by atoms with Crippen molar-refractivity contribution in [2.75, 3.05) is 27.2 Å². The summed E-state index contributed by atoms with van der Waals surface area (Å²) in [6.45, 7) is 3.25. The summed E-state index contributed by atoms with van der Waals surface area (Å²) in [5, 5.41) is 3.39. The van der Waals surface area contributed by atoms with Crippen molar-refractivity contribution >= 4 is 23.9 Å². The van der Waals surface area contributed by atoms with Crippen LogP contribution in [-0.4, -0.2) is 54.2 Å². The third-order valence-electron chi connectivity index (χ3n) is 5.49. The van der Waals surface area contributed by atoms with Crippen molar-refractivity contribution in [3.63, 3.8) is 0 Å². The van der Waals surface area contributed by atoms with Crippen LogP contribution in [0.25, 0.3) is 0 Å². The maximum atomic E-state index is 13.5. The second-order valence-electron chi connectivity index (χ2n) is 7.61. The molecular weight excluding hydrogens is 400 g/mol. The Labute approximate surface area is 183 Å². The molecule has 2 aliphatic rings. The van der Waals surface area contributed by atoms with Crippen molar-refractivity contribution in [3.8, 4) is 0 Å². The van der Waals surface area contributed by atoms with E-state index in [0.29, 0.717) is 36.0 Å². The van der Waals surface area contributed by atoms with Gasteiger partial charge >= 0.3 is 0 Å². The summed E-state index contributed by atoms with van der Waals surface area (Å²) < 4.78 is 0. The second kappa shape index (κ2) is 9.85. The highest BCUT2D eigenvalue weighted by Gasteiger charge is 2.42. The number of nitrogens with zero attached hydrogens (tertiary/aromatic N) is 3. The van der Waals surface area contributed by atoms with Crippen molar-refractivity contribution in [2.24, 2.45) is 0 Å². The van der Waals surface area contributed by atoms with Gasteiger partial charge in [-0.15, -0.1) is 0 Å². The number of likely N-dealkylation sites (N-methyl/N-ethyl adjacent to an activating group) is 1. The molecule has 7 heteroatoms. The predicted octanol–water partition coefficient (Wildman–Crippen LogP) is 3.65. The molecule has 1 aromatic rings. The maximum absolute atomic E-state index is 13.5. The lowest BCUT2D eigenvalue weighted by Gasteiger charge is -2.34. The number of allylic oxidation sites excluding steroid dienone is 3. The SMILES string of the molecule is CCCN(C)C(=O)C1=C(NC=O)N(C)C(c2ccccc2Cl)N1CC1=CC=CCC1. The monoisotopic (exact) mass is 428 g/mol. The van der Waals surface area contributed by atoms with E-state index in [1.54, 1.807) is 11.9 Å². The van der Waals surface area contributed by atoms with Gasteiger partial charge in [0.05, 0.1) is 0 Å². The second-order valence-corrected chi connectivity index (χ2v) is 8.02. The molecule has 2 amide bonds. The number of hydrogen-bond acceptors (Lipinski definition) is 4. The Bertz CT molecular complexity index is 893. The van der Waals surface area contributed by atoms with Gasteiger partial charge in [0, 0.05) is 37.8 Å². The first kappa shape index (κ1) is 22.0. The van der Waals surface area contributed by atoms with E-state index in [2.05, 4.69) is 28.4 Å². The van der Waals surface area contributed by atoms with Gasteiger partial charge in [0.2, 0.25) is 6.41 Å². The number of hydrogen-bond donors (Lipinski definition) is 1. The first-order valence-electron chi connectivity index (χ1n) is 10.3. The fraction of sp³-hybridized carbons (Fsp3) is 0.391. The number of rotatable bonds is 8. The maximum Gasteiger partial charge on any atom is 0.273 e. The summed E-state index contributed by atoms with van der Waals surface area (Å²) in [5.74, 6) is 0.379. The molecule has 0 spiro atoms. The first-order valence-corrected chi connectivity index (χ1v) is 10.7. The highest BCUT2D eigenvalue weighted by Crippen LogP contribution is 2.41. The minimum Gasteiger partial charge on any atom is -0.340 e. The van der Waals surface area contributed by atoms with Crippen molar-refractivity contribution in [2.45, 2.75) is 32.4 Å². The molecule has 1 heterocycles. The molecule has 0 bridgehead atoms. The van der Waals surface area contributed by atoms with Crippen LogP contribution in [0.1, 0.15) is 37.9 Å². The molecule has 1 unspecified atom stereocenters. The van der Waals surface area contributed by atoms with Crippen LogP contribution in [0.2, 0.25) is 5.02 Å². The lowest BCUT2D eigenvalue weighted by atomic mass is 10.0. The minimum atomic E-state index is -0.304. The van der Waals surface area contributed by atoms with Crippen molar-refractivity contribution in [3.05, 3.63) is 70.2 Å². The average Bonchev–Trinajstić information content (AvgIpc) is 3.00. The zero-order valence-corrected chi connectivity index (χ0v) is 18.5. The van der Waals surface area contributed by atoms with Crippen molar-refractivity contribution in [1.29, 1.82) is 0 Å². The number of carbonyl (C=O) groups is 2. The van der Waals surface area contributed by atoms with Crippen LogP contribution in [0.4, 0.5) is 0 Å². The molecule has 3 rings (SSSR count). The highest BCUT2D eigenvalue weighted by atomic mass is 35.5. The fourth-order valence-electron chi connectivity index (χ4n) is 4.05. The predicted molar refractivity (Wildman–Crippen MR) is 119 cm³/mol. The van der Waals surface area contributed by atoms with Crippen LogP contribution in [0.5, 0.6) is 0 Å². The Balaban J connectivity index is 2.10. The highest BCUT2D eigenvalue weighted by molar-refractivity contribution is 6.31. The third kappa shape index (κ3) is 4.38. The molecule has 30 heavy (non-hydrogen) atoms. The third-order valence-corrected chi connectivity index (χ3v) is 5.83. The summed E-state index contributed by atoms with van der Waals surface area (Å²) in [6.07, 6.45) is 9.39. The average molecular weight is 429 g/mol. The van der Waals surface area contributed by atoms with Crippen LogP contribution in [0.15, 0.2) is 59.6 Å². The van der Waals surface area contributed by atoms with E-state index in [-0.39, 0.29) is 12.1 Å². The molecular formula is C23H29ClN4O2. The van der Waals surface area contributed by atoms with Crippen LogP contribution in [-0.2, 0) is 9.59 Å². The van der Waals surface area contributed by atoms with Crippen LogP contribution in [0.3, 0.4) is 0 Å². The van der Waals surface area contributed by atoms with E-state index in [9.17, 15) is 9.59 Å². The molecule has 0 aromatic heterocycles. The Kier molecular flexibility index (Phi) is 7.21. The van der Waals surface area contributed by atoms with Gasteiger partial charge in [0.1, 0.15) is 17.7 Å². The van der Waals surface area contributed by atoms with Crippen molar-refractivity contribution in [1.82, 2.24) is 20.0 Å². The van der Waals surface area contributed by atoms with Gasteiger partial charge < -0.3 is 20.0 Å². The van der Waals surface area contributed by atoms with E-state index < -0.39 is 0 Å². The smallest absolute Gasteiger partial charge is 0.273 e. The standard InChI is InChI=1S/C23H29ClN4O2/c1-4-14-26(2)23(30)20-21(25-16-29)27(3)22(18-12-8-9-13-19(18)24)28(20)15-17-10-6-5-7-11-17/h5-6,8-10,12-13,16,22H,4,7,11,14-15H2,1-3H3,(H,25,29). The summed E-state index contributed by atoms with van der Waals surface area (Å²) in [5.41, 5.74) is 2.61. The number of halogens is 1. The molecule has 0 saturated heterocycles. The first-order chi connectivity index (χ1) is 14.5. The summed E-state index contributed by atoms with van der Waals surface area (Å²) in [4.78, 5) is 30.6. The van der Waals surface area contributed by atoms with Gasteiger partial charge in [-0.25, -0.2) is 0 Å². The molecule has 0 saturated carbocycles. The largest absolute Gasteiger partial charge is 0.340 e. The fourth-order valence-corrected chi connectivity index (χ4v) is 4.29. The number of carbonyl (C=O) groups excluding carboxylic acids is 2. The molecule has 1 aliphatic carbocycles. The van der Waals surface area contributed by atoms with E-state index in [0.717, 1.165) is 24.8 Å². The molecule has 6 nitrogen and oxygen atoms in total. The zero-order chi connectivity index (χ0) is 21.7. The number of amides is 2. The normalized spacial score (nSPS) is 18.5. The summed E-state index contributed by atoms with van der Waals surface area (Å²) in [6, 6.07) is 7.64. The molecule has 1 N–H and O–H groups in total. The summed E-state index contributed by atoms with van der Waals surface area (Å²) >= 11 is 6.56. The van der Waals surface area contributed by atoms with Gasteiger partial charge in [-0.2, -0.15) is 0 Å². The van der Waals surface area contributed by atoms with Gasteiger partial charge in [-0.05, 0) is 25.3 Å². The van der Waals surface area contributed by atoms with E-state index in [1.807, 2.05) is 43.1 Å². The zero-order valence-electron chi connectivity index (χ0n) is 17.8. The van der Waals surface area contributed by atoms with Crippen LogP contribution < -0.4 is 5.32 Å².